The van der Waals surface area contributed by atoms with Crippen molar-refractivity contribution in [2.75, 3.05) is 12.0 Å². The molecule has 1 aliphatic rings. The highest BCUT2D eigenvalue weighted by atomic mass is 35.5. The minimum atomic E-state index is -0.296. The van der Waals surface area contributed by atoms with Crippen molar-refractivity contribution in [3.63, 3.8) is 0 Å². The number of rotatable bonds is 5. The van der Waals surface area contributed by atoms with E-state index in [0.717, 1.165) is 11.1 Å². The molecule has 1 heterocycles. The summed E-state index contributed by atoms with van der Waals surface area (Å²) in [4.78, 5) is 14.6. The molecular formula is C22H18Cl2FN3O2. The van der Waals surface area contributed by atoms with Crippen molar-refractivity contribution in [3.05, 3.63) is 87.2 Å². The maximum atomic E-state index is 13.1. The van der Waals surface area contributed by atoms with Crippen molar-refractivity contribution in [3.8, 4) is 11.5 Å². The average molecular weight is 446 g/mol. The van der Waals surface area contributed by atoms with Gasteiger partial charge in [0.15, 0.2) is 5.75 Å². The van der Waals surface area contributed by atoms with Gasteiger partial charge < -0.3 is 15.1 Å². The summed E-state index contributed by atoms with van der Waals surface area (Å²) in [6.07, 6.45) is 0.678. The van der Waals surface area contributed by atoms with Crippen molar-refractivity contribution in [2.24, 2.45) is 5.84 Å². The summed E-state index contributed by atoms with van der Waals surface area (Å²) in [5.41, 5.74) is 5.44. The van der Waals surface area contributed by atoms with Gasteiger partial charge in [-0.25, -0.2) is 4.39 Å². The van der Waals surface area contributed by atoms with Gasteiger partial charge in [-0.15, -0.1) is 0 Å². The Morgan fingerprint density at radius 1 is 1.07 bits per heavy atom. The van der Waals surface area contributed by atoms with Crippen LogP contribution in [0.25, 0.3) is 0 Å². The molecule has 30 heavy (non-hydrogen) atoms. The molecule has 0 aromatic heterocycles. The molecule has 4 rings (SSSR count). The van der Waals surface area contributed by atoms with Crippen molar-refractivity contribution < 1.29 is 13.9 Å². The fourth-order valence-corrected chi connectivity index (χ4v) is 3.96. The fourth-order valence-electron chi connectivity index (χ4n) is 3.40. The van der Waals surface area contributed by atoms with Crippen molar-refractivity contribution in [2.45, 2.75) is 13.0 Å². The lowest BCUT2D eigenvalue weighted by molar-refractivity contribution is 0.0727. The van der Waals surface area contributed by atoms with Crippen LogP contribution in [0.1, 0.15) is 21.5 Å². The number of nitrogen functional groups attached to an aromatic ring is 1. The minimum Gasteiger partial charge on any atom is -0.454 e. The Morgan fingerprint density at radius 2 is 1.77 bits per heavy atom. The average Bonchev–Trinajstić information content (AvgIpc) is 2.74. The molecule has 0 radical (unpaired) electrons. The first-order valence-corrected chi connectivity index (χ1v) is 10.0. The number of hydrazine groups is 1. The van der Waals surface area contributed by atoms with Gasteiger partial charge in [0.1, 0.15) is 11.6 Å². The molecule has 3 aromatic rings. The lowest BCUT2D eigenvalue weighted by atomic mass is 9.98. The molecule has 154 valence electrons. The summed E-state index contributed by atoms with van der Waals surface area (Å²) >= 11 is 12.5. The van der Waals surface area contributed by atoms with Gasteiger partial charge >= 0.3 is 0 Å². The number of nitrogens with one attached hydrogen (secondary N) is 1. The number of hydrogen-bond acceptors (Lipinski definition) is 4. The predicted octanol–water partition coefficient (Wildman–Crippen LogP) is 5.41. The van der Waals surface area contributed by atoms with Crippen LogP contribution in [0.5, 0.6) is 11.5 Å². The van der Waals surface area contributed by atoms with Gasteiger partial charge in [0, 0.05) is 18.7 Å². The Bertz CT molecular complexity index is 1080. The standard InChI is InChI=1S/C22H18Cl2FN3O2/c23-19-10-16(27-26)11-20(24)21(19)30-17-5-6-18-14(9-17)7-8-28(22(18)29)12-13-1-3-15(25)4-2-13/h1-6,9-11,27H,7-8,12,26H2. The Kier molecular flexibility index (Phi) is 5.81. The Morgan fingerprint density at radius 3 is 2.43 bits per heavy atom. The van der Waals surface area contributed by atoms with Gasteiger partial charge in [0.2, 0.25) is 0 Å². The quantitative estimate of drug-likeness (QED) is 0.406. The van der Waals surface area contributed by atoms with E-state index in [1.54, 1.807) is 41.3 Å². The van der Waals surface area contributed by atoms with Crippen molar-refractivity contribution in [1.29, 1.82) is 0 Å². The van der Waals surface area contributed by atoms with Gasteiger partial charge in [0.25, 0.3) is 5.91 Å². The van der Waals surface area contributed by atoms with E-state index in [-0.39, 0.29) is 11.7 Å². The van der Waals surface area contributed by atoms with E-state index in [1.165, 1.54) is 12.1 Å². The third-order valence-corrected chi connectivity index (χ3v) is 5.48. The monoisotopic (exact) mass is 445 g/mol. The molecule has 0 bridgehead atoms. The molecule has 1 amide bonds. The summed E-state index contributed by atoms with van der Waals surface area (Å²) in [5.74, 6) is 5.87. The molecule has 0 fully saturated rings. The van der Waals surface area contributed by atoms with Crippen LogP contribution < -0.4 is 16.0 Å². The molecule has 0 aliphatic carbocycles. The number of benzene rings is 3. The SMILES string of the molecule is NNc1cc(Cl)c(Oc2ccc3c(c2)CCN(Cc2ccc(F)cc2)C3=O)c(Cl)c1. The maximum Gasteiger partial charge on any atom is 0.254 e. The zero-order valence-corrected chi connectivity index (χ0v) is 17.3. The van der Waals surface area contributed by atoms with Crippen LogP contribution in [0.4, 0.5) is 10.1 Å². The number of nitrogens with zero attached hydrogens (tertiary/aromatic N) is 1. The van der Waals surface area contributed by atoms with Crippen LogP contribution in [-0.2, 0) is 13.0 Å². The first-order chi connectivity index (χ1) is 14.4. The van der Waals surface area contributed by atoms with Gasteiger partial charge in [0.05, 0.1) is 15.7 Å². The highest BCUT2D eigenvalue weighted by Gasteiger charge is 2.25. The number of ether oxygens (including phenoxy) is 1. The summed E-state index contributed by atoms with van der Waals surface area (Å²) in [7, 11) is 0. The number of anilines is 1. The number of carbonyl (C=O) groups is 1. The van der Waals surface area contributed by atoms with Gasteiger partial charge in [-0.2, -0.15) is 0 Å². The molecule has 5 nitrogen and oxygen atoms in total. The largest absolute Gasteiger partial charge is 0.454 e. The molecule has 8 heteroatoms. The molecular weight excluding hydrogens is 428 g/mol. The van der Waals surface area contributed by atoms with Gasteiger partial charge in [-0.1, -0.05) is 35.3 Å². The molecule has 0 spiro atoms. The summed E-state index contributed by atoms with van der Waals surface area (Å²) in [5, 5.41) is 0.629. The fraction of sp³-hybridized carbons (Fsp3) is 0.136. The van der Waals surface area contributed by atoms with E-state index in [1.807, 2.05) is 6.07 Å². The first kappa shape index (κ1) is 20.5. The van der Waals surface area contributed by atoms with Crippen LogP contribution in [0.2, 0.25) is 10.0 Å². The zero-order valence-electron chi connectivity index (χ0n) is 15.8. The van der Waals surface area contributed by atoms with Gasteiger partial charge in [-0.3, -0.25) is 10.6 Å². The zero-order chi connectivity index (χ0) is 21.3. The summed E-state index contributed by atoms with van der Waals surface area (Å²) in [6, 6.07) is 14.7. The molecule has 0 unspecified atom stereocenters. The van der Waals surface area contributed by atoms with E-state index in [0.29, 0.717) is 52.3 Å². The molecule has 0 saturated heterocycles. The number of nitrogens with two attached hydrogens (primary N) is 1. The van der Waals surface area contributed by atoms with Crippen LogP contribution in [-0.4, -0.2) is 17.4 Å². The Hall–Kier alpha value is -2.80. The van der Waals surface area contributed by atoms with Crippen LogP contribution >= 0.6 is 23.2 Å². The van der Waals surface area contributed by atoms with Crippen LogP contribution in [0.15, 0.2) is 54.6 Å². The second kappa shape index (κ2) is 8.52. The number of hydrogen-bond donors (Lipinski definition) is 2. The second-order valence-corrected chi connectivity index (χ2v) is 7.75. The Labute approximate surface area is 183 Å². The molecule has 3 aromatic carbocycles. The van der Waals surface area contributed by atoms with E-state index >= 15 is 0 Å². The normalized spacial score (nSPS) is 13.2. The van der Waals surface area contributed by atoms with Crippen LogP contribution in [0, 0.1) is 5.82 Å². The predicted molar refractivity (Wildman–Crippen MR) is 116 cm³/mol. The van der Waals surface area contributed by atoms with Gasteiger partial charge in [-0.05, 0) is 60.0 Å². The molecule has 0 saturated carbocycles. The highest BCUT2D eigenvalue weighted by molar-refractivity contribution is 6.37. The van der Waals surface area contributed by atoms with E-state index in [4.69, 9.17) is 33.8 Å². The lowest BCUT2D eigenvalue weighted by Crippen LogP contribution is -2.37. The highest BCUT2D eigenvalue weighted by Crippen LogP contribution is 2.39. The second-order valence-electron chi connectivity index (χ2n) is 6.94. The third-order valence-electron chi connectivity index (χ3n) is 4.92. The first-order valence-electron chi connectivity index (χ1n) is 9.25. The van der Waals surface area contributed by atoms with Crippen molar-refractivity contribution in [1.82, 2.24) is 4.90 Å². The summed E-state index contributed by atoms with van der Waals surface area (Å²) < 4.78 is 19.0. The Balaban J connectivity index is 1.53. The maximum absolute atomic E-state index is 13.1. The number of fused-ring (bicyclic) bond motifs is 1. The smallest absolute Gasteiger partial charge is 0.254 e. The molecule has 0 atom stereocenters. The van der Waals surface area contributed by atoms with E-state index in [9.17, 15) is 9.18 Å². The molecule has 1 aliphatic heterocycles. The number of amides is 1. The number of halogens is 3. The lowest BCUT2D eigenvalue weighted by Gasteiger charge is -2.29. The molecule has 3 N–H and O–H groups in total. The summed E-state index contributed by atoms with van der Waals surface area (Å²) in [6.45, 7) is 0.995. The van der Waals surface area contributed by atoms with Crippen LogP contribution in [0.3, 0.4) is 0 Å². The third kappa shape index (κ3) is 4.21. The van der Waals surface area contributed by atoms with E-state index < -0.39 is 0 Å². The van der Waals surface area contributed by atoms with E-state index in [2.05, 4.69) is 5.43 Å². The number of carbonyl (C=O) groups excluding carboxylic acids is 1. The van der Waals surface area contributed by atoms with Crippen molar-refractivity contribution >= 4 is 34.8 Å². The topological polar surface area (TPSA) is 67.6 Å². The minimum absolute atomic E-state index is 0.0680.